The Morgan fingerprint density at radius 1 is 0.562 bits per heavy atom. The number of nitrogens with zero attached hydrogens (tertiary/aromatic N) is 2. The summed E-state index contributed by atoms with van der Waals surface area (Å²) in [6.07, 6.45) is -5.63. The summed E-state index contributed by atoms with van der Waals surface area (Å²) in [5.74, 6) is -4.38. The predicted molar refractivity (Wildman–Crippen MR) is 254 cm³/mol. The van der Waals surface area contributed by atoms with Crippen LogP contribution >= 0.6 is 0 Å². The van der Waals surface area contributed by atoms with Crippen molar-refractivity contribution >= 4 is 24.2 Å². The molecule has 6 rings (SSSR count). The first kappa shape index (κ1) is 48.4. The predicted octanol–water partition coefficient (Wildman–Crippen LogP) is 15.7. The molecule has 0 unspecified atom stereocenters. The van der Waals surface area contributed by atoms with E-state index in [0.29, 0.717) is 33.7 Å². The molecule has 0 aliphatic carbocycles. The summed E-state index contributed by atoms with van der Waals surface area (Å²) in [4.78, 5) is 5.27. The van der Waals surface area contributed by atoms with Crippen molar-refractivity contribution in [3.63, 3.8) is 0 Å². The lowest BCUT2D eigenvalue weighted by Crippen LogP contribution is -2.36. The first-order valence-electron chi connectivity index (χ1n) is 21.8. The molecule has 3 nitrogen and oxygen atoms in total. The zero-order chi connectivity index (χ0) is 47.4. The standard InChI is InChI=1S/C54H61BF6N2O/c1-34(47-43(35-14-22-39(23-15-35)49(2,3)4)30-45(62-47)37-18-26-41(27-19-37)51(8,9)10)48-44(36-16-24-40(25-17-36)50(5,6)7)31-46(38-20-28-42(29-21-38)52(11,12)13)63(48)55(61)64-33-53(56,57)32-54(58,59)60/h14-31H,32-33H2,1-13H3/b47-34-. The molecule has 2 heterocycles. The fraction of sp³-hybridized carbons (Fsp3) is 0.389. The van der Waals surface area contributed by atoms with Crippen LogP contribution in [0.4, 0.5) is 26.3 Å². The lowest BCUT2D eigenvalue weighted by atomic mass is 9.85. The summed E-state index contributed by atoms with van der Waals surface area (Å²) in [7, 11) is -2.63. The van der Waals surface area contributed by atoms with Gasteiger partial charge in [0.15, 0.2) is 0 Å². The smallest absolute Gasteiger partial charge is 0.382 e. The summed E-state index contributed by atoms with van der Waals surface area (Å²) in [6.45, 7) is 25.4. The summed E-state index contributed by atoms with van der Waals surface area (Å²) in [6, 6.07) is 33.7. The van der Waals surface area contributed by atoms with Crippen molar-refractivity contribution < 1.29 is 30.9 Å². The molecule has 1 aliphatic heterocycles. The molecule has 10 heteroatoms. The SMILES string of the molecule is C/C(=C1/N=C(c2ccc(C(C)(C)C)cc2)C=C1c1ccc(C(C)(C)C)cc1)c1c(-c2ccc(C(C)(C)C)cc2)cc(-c2ccc(C(C)(C)C)cc2)n1B(F)OCC(F)(F)CC(F)(F)F. The van der Waals surface area contributed by atoms with E-state index >= 15 is 4.32 Å². The molecule has 0 N–H and O–H groups in total. The van der Waals surface area contributed by atoms with Gasteiger partial charge in [0, 0.05) is 28.1 Å². The van der Waals surface area contributed by atoms with Gasteiger partial charge < -0.3 is 9.13 Å². The second-order valence-electron chi connectivity index (χ2n) is 21.3. The van der Waals surface area contributed by atoms with Gasteiger partial charge in [0.05, 0.1) is 18.0 Å². The molecule has 0 saturated heterocycles. The molecule has 4 aromatic carbocycles. The normalized spacial score (nSPS) is 15.0. The molecule has 1 aromatic heterocycles. The van der Waals surface area contributed by atoms with Crippen molar-refractivity contribution in [2.45, 2.75) is 130 Å². The molecule has 0 saturated carbocycles. The minimum atomic E-state index is -5.19. The van der Waals surface area contributed by atoms with Crippen LogP contribution in [0.1, 0.15) is 136 Å². The van der Waals surface area contributed by atoms with Gasteiger partial charge in [-0.3, -0.25) is 4.32 Å². The van der Waals surface area contributed by atoms with Gasteiger partial charge in [0.2, 0.25) is 0 Å². The van der Waals surface area contributed by atoms with E-state index in [1.165, 1.54) is 4.48 Å². The molecule has 338 valence electrons. The Labute approximate surface area is 376 Å². The highest BCUT2D eigenvalue weighted by Gasteiger charge is 2.45. The van der Waals surface area contributed by atoms with Crippen LogP contribution in [-0.2, 0) is 26.3 Å². The third-order valence-electron chi connectivity index (χ3n) is 11.8. The molecule has 0 radical (unpaired) electrons. The van der Waals surface area contributed by atoms with Gasteiger partial charge in [0.25, 0.3) is 5.92 Å². The highest BCUT2D eigenvalue weighted by Crippen LogP contribution is 2.44. The fourth-order valence-electron chi connectivity index (χ4n) is 7.94. The van der Waals surface area contributed by atoms with Crippen LogP contribution in [0, 0.1) is 0 Å². The van der Waals surface area contributed by atoms with Crippen molar-refractivity contribution in [2.75, 3.05) is 6.61 Å². The number of rotatable bonds is 10. The van der Waals surface area contributed by atoms with Crippen molar-refractivity contribution in [3.8, 4) is 22.4 Å². The lowest BCUT2D eigenvalue weighted by molar-refractivity contribution is -0.195. The maximum atomic E-state index is 17.3. The first-order chi connectivity index (χ1) is 29.4. The molecule has 1 aliphatic rings. The number of alkyl halides is 5. The highest BCUT2D eigenvalue weighted by atomic mass is 19.4. The Morgan fingerprint density at radius 2 is 0.953 bits per heavy atom. The fourth-order valence-corrected chi connectivity index (χ4v) is 7.94. The Kier molecular flexibility index (Phi) is 13.1. The van der Waals surface area contributed by atoms with Gasteiger partial charge in [-0.15, -0.1) is 0 Å². The average molecular weight is 879 g/mol. The van der Waals surface area contributed by atoms with E-state index in [4.69, 9.17) is 9.65 Å². The van der Waals surface area contributed by atoms with Crippen LogP contribution in [0.3, 0.4) is 0 Å². The topological polar surface area (TPSA) is 26.5 Å². The molecule has 0 spiro atoms. The molecule has 5 aromatic rings. The molecule has 0 fully saturated rings. The quantitative estimate of drug-likeness (QED) is 0.101. The summed E-state index contributed by atoms with van der Waals surface area (Å²) < 4.78 is 93.2. The van der Waals surface area contributed by atoms with Gasteiger partial charge >= 0.3 is 13.5 Å². The Hall–Kier alpha value is -5.09. The van der Waals surface area contributed by atoms with Crippen LogP contribution in [0.2, 0.25) is 0 Å². The third-order valence-corrected chi connectivity index (χ3v) is 11.8. The minimum absolute atomic E-state index is 0.0766. The number of aliphatic imine (C=N–C) groups is 1. The maximum Gasteiger partial charge on any atom is 0.638 e. The van der Waals surface area contributed by atoms with E-state index in [1.807, 2.05) is 85.8 Å². The van der Waals surface area contributed by atoms with Crippen molar-refractivity contribution in [1.82, 2.24) is 4.48 Å². The third kappa shape index (κ3) is 11.0. The molecule has 0 bridgehead atoms. The second kappa shape index (κ2) is 17.4. The van der Waals surface area contributed by atoms with E-state index in [0.717, 1.165) is 39.0 Å². The number of hydrogen-bond acceptors (Lipinski definition) is 2. The van der Waals surface area contributed by atoms with E-state index in [2.05, 4.69) is 107 Å². The van der Waals surface area contributed by atoms with Crippen LogP contribution in [0.15, 0.2) is 120 Å². The molecule has 0 atom stereocenters. The number of hydrogen-bond donors (Lipinski definition) is 0. The minimum Gasteiger partial charge on any atom is -0.382 e. The molecular formula is C54H61BF6N2O. The van der Waals surface area contributed by atoms with Crippen molar-refractivity contribution in [3.05, 3.63) is 154 Å². The zero-order valence-corrected chi connectivity index (χ0v) is 39.5. The van der Waals surface area contributed by atoms with E-state index in [9.17, 15) is 22.0 Å². The number of aromatic nitrogens is 1. The van der Waals surface area contributed by atoms with Crippen LogP contribution in [0.5, 0.6) is 0 Å². The molecular weight excluding hydrogens is 817 g/mol. The zero-order valence-electron chi connectivity index (χ0n) is 39.5. The average Bonchev–Trinajstić information content (AvgIpc) is 3.82. The van der Waals surface area contributed by atoms with E-state index in [-0.39, 0.29) is 33.0 Å². The van der Waals surface area contributed by atoms with Gasteiger partial charge in [-0.05, 0) is 85.2 Å². The van der Waals surface area contributed by atoms with E-state index in [1.54, 1.807) is 6.07 Å². The van der Waals surface area contributed by atoms with Crippen LogP contribution < -0.4 is 0 Å². The molecule has 0 amide bonds. The summed E-state index contributed by atoms with van der Waals surface area (Å²) in [5, 5.41) is 0. The lowest BCUT2D eigenvalue weighted by Gasteiger charge is -2.22. The Bertz CT molecular complexity index is 2550. The number of benzene rings is 4. The van der Waals surface area contributed by atoms with Gasteiger partial charge in [-0.25, -0.2) is 13.8 Å². The van der Waals surface area contributed by atoms with E-state index < -0.39 is 32.5 Å². The second-order valence-corrected chi connectivity index (χ2v) is 21.3. The monoisotopic (exact) mass is 878 g/mol. The first-order valence-corrected chi connectivity index (χ1v) is 21.8. The Balaban J connectivity index is 1.66. The van der Waals surface area contributed by atoms with Crippen molar-refractivity contribution in [2.24, 2.45) is 4.99 Å². The van der Waals surface area contributed by atoms with Gasteiger partial charge in [-0.2, -0.15) is 13.2 Å². The Morgan fingerprint density at radius 3 is 1.36 bits per heavy atom. The molecule has 64 heavy (non-hydrogen) atoms. The van der Waals surface area contributed by atoms with Crippen LogP contribution in [-0.4, -0.2) is 36.2 Å². The largest absolute Gasteiger partial charge is 0.638 e. The summed E-state index contributed by atoms with van der Waals surface area (Å²) >= 11 is 0. The number of halogens is 6. The van der Waals surface area contributed by atoms with Crippen molar-refractivity contribution in [1.29, 1.82) is 0 Å². The van der Waals surface area contributed by atoms with Gasteiger partial charge in [-0.1, -0.05) is 180 Å². The number of allylic oxidation sites excluding steroid dienone is 3. The highest BCUT2D eigenvalue weighted by molar-refractivity contribution is 6.43. The summed E-state index contributed by atoms with van der Waals surface area (Å²) in [5.41, 5.74) is 10.4. The van der Waals surface area contributed by atoms with Crippen LogP contribution in [0.25, 0.3) is 33.5 Å². The van der Waals surface area contributed by atoms with Gasteiger partial charge in [0.1, 0.15) is 6.42 Å². The maximum absolute atomic E-state index is 17.3.